The molecule has 2 N–H and O–H groups in total. The van der Waals surface area contributed by atoms with Crippen molar-refractivity contribution >= 4 is 23.8 Å². The number of nitrogens with one attached hydrogen (secondary N) is 1. The van der Waals surface area contributed by atoms with Gasteiger partial charge >= 0.3 is 12.0 Å². The highest BCUT2D eigenvalue weighted by atomic mass is 32.2. The average Bonchev–Trinajstić information content (AvgIpc) is 3.11. The van der Waals surface area contributed by atoms with Crippen molar-refractivity contribution in [3.05, 3.63) is 0 Å². The summed E-state index contributed by atoms with van der Waals surface area (Å²) >= 11 is 1.87. The van der Waals surface area contributed by atoms with Gasteiger partial charge in [0.15, 0.2) is 0 Å². The maximum absolute atomic E-state index is 12.4. The highest BCUT2D eigenvalue weighted by molar-refractivity contribution is 7.99. The molecule has 5 nitrogen and oxygen atoms in total. The second kappa shape index (κ2) is 5.47. The van der Waals surface area contributed by atoms with Crippen LogP contribution in [-0.2, 0) is 4.79 Å². The Hall–Kier alpha value is -0.910. The summed E-state index contributed by atoms with van der Waals surface area (Å²) in [6.45, 7) is 0. The first-order valence-corrected chi connectivity index (χ1v) is 8.73. The molecule has 3 aliphatic rings. The molecule has 3 rings (SSSR count). The van der Waals surface area contributed by atoms with E-state index in [-0.39, 0.29) is 30.1 Å². The fraction of sp³-hybridized carbons (Fsp3) is 0.857. The van der Waals surface area contributed by atoms with Crippen molar-refractivity contribution in [3.8, 4) is 0 Å². The quantitative estimate of drug-likeness (QED) is 0.835. The van der Waals surface area contributed by atoms with Crippen molar-refractivity contribution in [1.82, 2.24) is 10.2 Å². The molecule has 2 saturated heterocycles. The number of hydrogen-bond donors (Lipinski definition) is 2. The van der Waals surface area contributed by atoms with Crippen LogP contribution in [-0.4, -0.2) is 51.6 Å². The average molecular weight is 298 g/mol. The van der Waals surface area contributed by atoms with Crippen molar-refractivity contribution in [2.24, 2.45) is 5.92 Å². The van der Waals surface area contributed by atoms with Crippen LogP contribution in [0.3, 0.4) is 0 Å². The van der Waals surface area contributed by atoms with Crippen molar-refractivity contribution in [3.63, 3.8) is 0 Å². The van der Waals surface area contributed by atoms with E-state index < -0.39 is 5.97 Å². The largest absolute Gasteiger partial charge is 0.481 e. The van der Waals surface area contributed by atoms with E-state index in [2.05, 4.69) is 11.6 Å². The molecule has 2 heterocycles. The lowest BCUT2D eigenvalue weighted by atomic mass is 9.89. The van der Waals surface area contributed by atoms with E-state index in [1.165, 1.54) is 0 Å². The minimum absolute atomic E-state index is 0.0343. The van der Waals surface area contributed by atoms with Gasteiger partial charge in [-0.3, -0.25) is 4.79 Å². The molecule has 112 valence electrons. The number of nitrogens with zero attached hydrogens (tertiary/aromatic N) is 1. The standard InChI is InChI=1S/C14H22N2O3S/c1-20-10-4-2-8(6-10)15-14(19)16-9-3-5-12(16)11(7-9)13(17)18/h8-12H,2-7H2,1H3,(H,15,19)(H,17,18). The molecule has 2 bridgehead atoms. The second-order valence-corrected chi connectivity index (χ2v) is 7.34. The highest BCUT2D eigenvalue weighted by Gasteiger charge is 2.51. The van der Waals surface area contributed by atoms with Crippen LogP contribution in [0.5, 0.6) is 0 Å². The Morgan fingerprint density at radius 3 is 2.60 bits per heavy atom. The zero-order valence-electron chi connectivity index (χ0n) is 11.7. The SMILES string of the molecule is CSC1CCC(NC(=O)N2C3CCC2C(C(=O)O)C3)C1. The summed E-state index contributed by atoms with van der Waals surface area (Å²) in [6.07, 6.45) is 7.80. The Labute approximate surface area is 123 Å². The summed E-state index contributed by atoms with van der Waals surface area (Å²) in [5, 5.41) is 13.0. The summed E-state index contributed by atoms with van der Waals surface area (Å²) in [4.78, 5) is 25.5. The van der Waals surface area contributed by atoms with Gasteiger partial charge in [0.25, 0.3) is 0 Å². The molecular weight excluding hydrogens is 276 g/mol. The summed E-state index contributed by atoms with van der Waals surface area (Å²) < 4.78 is 0. The van der Waals surface area contributed by atoms with Crippen LogP contribution >= 0.6 is 11.8 Å². The second-order valence-electron chi connectivity index (χ2n) is 6.20. The van der Waals surface area contributed by atoms with Crippen molar-refractivity contribution in [2.75, 3.05) is 6.26 Å². The van der Waals surface area contributed by atoms with Gasteiger partial charge in [-0.05, 0) is 44.8 Å². The molecule has 20 heavy (non-hydrogen) atoms. The highest BCUT2D eigenvalue weighted by Crippen LogP contribution is 2.42. The molecule has 0 radical (unpaired) electrons. The summed E-state index contributed by atoms with van der Waals surface area (Å²) in [7, 11) is 0. The van der Waals surface area contributed by atoms with E-state index >= 15 is 0 Å². The lowest BCUT2D eigenvalue weighted by Crippen LogP contribution is -2.47. The van der Waals surface area contributed by atoms with Gasteiger partial charge in [0, 0.05) is 23.4 Å². The maximum atomic E-state index is 12.4. The molecule has 0 aromatic heterocycles. The molecule has 6 heteroatoms. The molecule has 0 spiro atoms. The fourth-order valence-electron chi connectivity index (χ4n) is 4.11. The molecule has 2 amide bonds. The first kappa shape index (κ1) is 14.0. The van der Waals surface area contributed by atoms with Crippen molar-refractivity contribution in [2.45, 2.75) is 61.9 Å². The predicted octanol–water partition coefficient (Wildman–Crippen LogP) is 1.92. The fourth-order valence-corrected chi connectivity index (χ4v) is 4.90. The Bertz CT molecular complexity index is 417. The number of amides is 2. The lowest BCUT2D eigenvalue weighted by molar-refractivity contribution is -0.142. The number of aliphatic carboxylic acids is 1. The lowest BCUT2D eigenvalue weighted by Gasteiger charge is -2.25. The third kappa shape index (κ3) is 2.38. The maximum Gasteiger partial charge on any atom is 0.318 e. The zero-order valence-corrected chi connectivity index (χ0v) is 12.6. The van der Waals surface area contributed by atoms with Gasteiger partial charge in [0.1, 0.15) is 0 Å². The first-order chi connectivity index (χ1) is 9.60. The Morgan fingerprint density at radius 2 is 2.00 bits per heavy atom. The molecule has 1 saturated carbocycles. The van der Waals surface area contributed by atoms with E-state index in [0.29, 0.717) is 11.7 Å². The third-order valence-corrected chi connectivity index (χ3v) is 6.23. The van der Waals surface area contributed by atoms with Gasteiger partial charge in [0.2, 0.25) is 0 Å². The number of rotatable bonds is 3. The number of thioether (sulfide) groups is 1. The molecule has 0 aromatic rings. The molecule has 0 aromatic carbocycles. The van der Waals surface area contributed by atoms with E-state index in [1.807, 2.05) is 16.7 Å². The van der Waals surface area contributed by atoms with Gasteiger partial charge in [0.05, 0.1) is 5.92 Å². The molecule has 1 aliphatic carbocycles. The third-order valence-electron chi connectivity index (χ3n) is 5.13. The Morgan fingerprint density at radius 1 is 1.20 bits per heavy atom. The Balaban J connectivity index is 1.60. The van der Waals surface area contributed by atoms with Crippen LogP contribution in [0.2, 0.25) is 0 Å². The zero-order chi connectivity index (χ0) is 14.3. The minimum Gasteiger partial charge on any atom is -0.481 e. The normalized spacial score (nSPS) is 39.2. The van der Waals surface area contributed by atoms with Crippen LogP contribution in [0.1, 0.15) is 38.5 Å². The molecule has 2 aliphatic heterocycles. The van der Waals surface area contributed by atoms with E-state index in [0.717, 1.165) is 32.1 Å². The Kier molecular flexibility index (Phi) is 3.84. The predicted molar refractivity (Wildman–Crippen MR) is 77.9 cm³/mol. The van der Waals surface area contributed by atoms with Crippen molar-refractivity contribution in [1.29, 1.82) is 0 Å². The topological polar surface area (TPSA) is 69.6 Å². The summed E-state index contributed by atoms with van der Waals surface area (Å²) in [6, 6.07) is 0.283. The number of fused-ring (bicyclic) bond motifs is 2. The van der Waals surface area contributed by atoms with Gasteiger partial charge in [-0.15, -0.1) is 0 Å². The van der Waals surface area contributed by atoms with Gasteiger partial charge in [-0.1, -0.05) is 0 Å². The van der Waals surface area contributed by atoms with E-state index in [1.54, 1.807) is 0 Å². The summed E-state index contributed by atoms with van der Waals surface area (Å²) in [5.74, 6) is -1.11. The monoisotopic (exact) mass is 298 g/mol. The van der Waals surface area contributed by atoms with E-state index in [9.17, 15) is 14.7 Å². The number of carbonyl (C=O) groups is 2. The van der Waals surface area contributed by atoms with Gasteiger partial charge in [-0.25, -0.2) is 4.79 Å². The number of hydrogen-bond acceptors (Lipinski definition) is 3. The number of urea groups is 1. The van der Waals surface area contributed by atoms with Crippen LogP contribution in [0.25, 0.3) is 0 Å². The molecule has 5 atom stereocenters. The van der Waals surface area contributed by atoms with Gasteiger partial charge in [-0.2, -0.15) is 11.8 Å². The van der Waals surface area contributed by atoms with Gasteiger partial charge < -0.3 is 15.3 Å². The smallest absolute Gasteiger partial charge is 0.318 e. The number of carboxylic acids is 1. The van der Waals surface area contributed by atoms with Crippen LogP contribution < -0.4 is 5.32 Å². The molecule has 3 fully saturated rings. The first-order valence-electron chi connectivity index (χ1n) is 7.44. The summed E-state index contributed by atoms with van der Waals surface area (Å²) in [5.41, 5.74) is 0. The van der Waals surface area contributed by atoms with Crippen molar-refractivity contribution < 1.29 is 14.7 Å². The molecule has 5 unspecified atom stereocenters. The van der Waals surface area contributed by atoms with E-state index in [4.69, 9.17) is 0 Å². The number of carboxylic acid groups (broad SMARTS) is 1. The van der Waals surface area contributed by atoms with Crippen LogP contribution in [0.4, 0.5) is 4.79 Å². The van der Waals surface area contributed by atoms with Crippen LogP contribution in [0.15, 0.2) is 0 Å². The molecular formula is C14H22N2O3S. The minimum atomic E-state index is -0.752. The van der Waals surface area contributed by atoms with Crippen LogP contribution in [0, 0.1) is 5.92 Å². The number of carbonyl (C=O) groups excluding carboxylic acids is 1.